The van der Waals surface area contributed by atoms with Crippen molar-refractivity contribution in [1.29, 1.82) is 0 Å². The van der Waals surface area contributed by atoms with Gasteiger partial charge in [0, 0.05) is 24.3 Å². The van der Waals surface area contributed by atoms with Crippen LogP contribution in [0.3, 0.4) is 0 Å². The van der Waals surface area contributed by atoms with E-state index >= 15 is 0 Å². The Morgan fingerprint density at radius 3 is 2.50 bits per heavy atom. The Labute approximate surface area is 109 Å². The SMILES string of the molecule is CNC(C)c1cc(F)ccc1N(CCO)C(C)C. The van der Waals surface area contributed by atoms with E-state index < -0.39 is 0 Å². The number of halogens is 1. The third-order valence-corrected chi connectivity index (χ3v) is 3.16. The lowest BCUT2D eigenvalue weighted by Crippen LogP contribution is -2.35. The quantitative estimate of drug-likeness (QED) is 0.817. The molecule has 0 spiro atoms. The zero-order chi connectivity index (χ0) is 13.7. The van der Waals surface area contributed by atoms with Crippen molar-refractivity contribution in [3.63, 3.8) is 0 Å². The molecule has 0 bridgehead atoms. The van der Waals surface area contributed by atoms with Crippen molar-refractivity contribution in [1.82, 2.24) is 5.32 Å². The van der Waals surface area contributed by atoms with E-state index in [9.17, 15) is 4.39 Å². The van der Waals surface area contributed by atoms with Gasteiger partial charge in [0.2, 0.25) is 0 Å². The van der Waals surface area contributed by atoms with Crippen LogP contribution in [0, 0.1) is 5.82 Å². The fraction of sp³-hybridized carbons (Fsp3) is 0.571. The molecule has 4 heteroatoms. The molecule has 0 saturated heterocycles. The van der Waals surface area contributed by atoms with Gasteiger partial charge >= 0.3 is 0 Å². The second kappa shape index (κ2) is 6.71. The first-order valence-corrected chi connectivity index (χ1v) is 6.35. The molecule has 2 N–H and O–H groups in total. The molecule has 1 aromatic carbocycles. The molecule has 0 heterocycles. The normalized spacial score (nSPS) is 12.8. The summed E-state index contributed by atoms with van der Waals surface area (Å²) in [6.45, 7) is 6.76. The predicted molar refractivity (Wildman–Crippen MR) is 73.4 cm³/mol. The zero-order valence-corrected chi connectivity index (χ0v) is 11.6. The lowest BCUT2D eigenvalue weighted by molar-refractivity contribution is 0.299. The van der Waals surface area contributed by atoms with Gasteiger partial charge in [-0.05, 0) is 51.6 Å². The van der Waals surface area contributed by atoms with Crippen LogP contribution in [0.15, 0.2) is 18.2 Å². The van der Waals surface area contributed by atoms with Gasteiger partial charge in [-0.15, -0.1) is 0 Å². The van der Waals surface area contributed by atoms with Gasteiger partial charge in [0.15, 0.2) is 0 Å². The summed E-state index contributed by atoms with van der Waals surface area (Å²) in [5.74, 6) is -0.233. The molecule has 0 saturated carbocycles. The van der Waals surface area contributed by atoms with Crippen LogP contribution in [0.1, 0.15) is 32.4 Å². The molecule has 3 nitrogen and oxygen atoms in total. The molecule has 0 fully saturated rings. The highest BCUT2D eigenvalue weighted by atomic mass is 19.1. The van der Waals surface area contributed by atoms with Crippen molar-refractivity contribution in [2.24, 2.45) is 0 Å². The summed E-state index contributed by atoms with van der Waals surface area (Å²) >= 11 is 0. The van der Waals surface area contributed by atoms with Crippen molar-refractivity contribution in [3.8, 4) is 0 Å². The van der Waals surface area contributed by atoms with E-state index in [1.165, 1.54) is 6.07 Å². The van der Waals surface area contributed by atoms with Crippen LogP contribution in [0.25, 0.3) is 0 Å². The Kier molecular flexibility index (Phi) is 5.56. The Balaban J connectivity index is 3.19. The number of aliphatic hydroxyl groups excluding tert-OH is 1. The van der Waals surface area contributed by atoms with Gasteiger partial charge in [-0.25, -0.2) is 4.39 Å². The van der Waals surface area contributed by atoms with Crippen molar-refractivity contribution in [3.05, 3.63) is 29.6 Å². The smallest absolute Gasteiger partial charge is 0.123 e. The summed E-state index contributed by atoms with van der Waals surface area (Å²) in [6, 6.07) is 5.13. The van der Waals surface area contributed by atoms with Crippen molar-refractivity contribution < 1.29 is 9.50 Å². The maximum Gasteiger partial charge on any atom is 0.123 e. The first kappa shape index (κ1) is 14.9. The highest BCUT2D eigenvalue weighted by molar-refractivity contribution is 5.55. The summed E-state index contributed by atoms with van der Waals surface area (Å²) in [4.78, 5) is 2.09. The first-order valence-electron chi connectivity index (χ1n) is 6.35. The van der Waals surface area contributed by atoms with Gasteiger partial charge in [-0.2, -0.15) is 0 Å². The highest BCUT2D eigenvalue weighted by Gasteiger charge is 2.17. The van der Waals surface area contributed by atoms with Crippen LogP contribution in [0.4, 0.5) is 10.1 Å². The molecule has 102 valence electrons. The first-order chi connectivity index (χ1) is 8.51. The van der Waals surface area contributed by atoms with E-state index in [1.807, 2.05) is 14.0 Å². The van der Waals surface area contributed by atoms with Crippen LogP contribution < -0.4 is 10.2 Å². The van der Waals surface area contributed by atoms with Crippen LogP contribution in [0.2, 0.25) is 0 Å². The van der Waals surface area contributed by atoms with Crippen molar-refractivity contribution in [2.75, 3.05) is 25.1 Å². The van der Waals surface area contributed by atoms with Crippen LogP contribution in [-0.2, 0) is 0 Å². The lowest BCUT2D eigenvalue weighted by atomic mass is 10.0. The number of hydrogen-bond acceptors (Lipinski definition) is 3. The standard InChI is InChI=1S/C14H23FN2O/c1-10(2)17(7-8-18)14-6-5-12(15)9-13(14)11(3)16-4/h5-6,9-11,16,18H,7-8H2,1-4H3. The molecular weight excluding hydrogens is 231 g/mol. The molecule has 18 heavy (non-hydrogen) atoms. The number of nitrogens with zero attached hydrogens (tertiary/aromatic N) is 1. The Bertz CT molecular complexity index is 382. The number of anilines is 1. The fourth-order valence-electron chi connectivity index (χ4n) is 2.05. The van der Waals surface area contributed by atoms with Gasteiger partial charge in [0.25, 0.3) is 0 Å². The molecule has 1 aromatic rings. The van der Waals surface area contributed by atoms with E-state index in [1.54, 1.807) is 12.1 Å². The minimum Gasteiger partial charge on any atom is -0.395 e. The molecule has 1 atom stereocenters. The molecule has 0 aliphatic carbocycles. The van der Waals surface area contributed by atoms with Crippen LogP contribution in [0.5, 0.6) is 0 Å². The van der Waals surface area contributed by atoms with E-state index in [-0.39, 0.29) is 24.5 Å². The Morgan fingerprint density at radius 1 is 1.33 bits per heavy atom. The third-order valence-electron chi connectivity index (χ3n) is 3.16. The minimum absolute atomic E-state index is 0.0654. The predicted octanol–water partition coefficient (Wildman–Crippen LogP) is 2.31. The van der Waals surface area contributed by atoms with E-state index in [2.05, 4.69) is 24.1 Å². The molecule has 0 aliphatic heterocycles. The summed E-state index contributed by atoms with van der Waals surface area (Å²) in [7, 11) is 1.85. The molecular formula is C14H23FN2O. The summed E-state index contributed by atoms with van der Waals surface area (Å²) in [5, 5.41) is 12.3. The Hall–Kier alpha value is -1.13. The zero-order valence-electron chi connectivity index (χ0n) is 11.6. The van der Waals surface area contributed by atoms with E-state index in [0.29, 0.717) is 6.54 Å². The second-order valence-corrected chi connectivity index (χ2v) is 4.72. The minimum atomic E-state index is -0.233. The van der Waals surface area contributed by atoms with Crippen molar-refractivity contribution >= 4 is 5.69 Å². The van der Waals surface area contributed by atoms with Gasteiger partial charge in [0.1, 0.15) is 5.82 Å². The molecule has 0 aromatic heterocycles. The number of aliphatic hydroxyl groups is 1. The third kappa shape index (κ3) is 3.43. The molecule has 0 radical (unpaired) electrons. The number of rotatable bonds is 6. The summed E-state index contributed by atoms with van der Waals surface area (Å²) in [5.41, 5.74) is 1.89. The largest absolute Gasteiger partial charge is 0.395 e. The van der Waals surface area contributed by atoms with Gasteiger partial charge in [0.05, 0.1) is 6.61 Å². The topological polar surface area (TPSA) is 35.5 Å². The maximum atomic E-state index is 13.4. The Morgan fingerprint density at radius 2 is 2.00 bits per heavy atom. The van der Waals surface area contributed by atoms with Gasteiger partial charge in [-0.1, -0.05) is 0 Å². The van der Waals surface area contributed by atoms with Crippen LogP contribution in [-0.4, -0.2) is 31.3 Å². The fourth-order valence-corrected chi connectivity index (χ4v) is 2.05. The molecule has 1 unspecified atom stereocenters. The van der Waals surface area contributed by atoms with Crippen LogP contribution >= 0.6 is 0 Å². The van der Waals surface area contributed by atoms with E-state index in [0.717, 1.165) is 11.3 Å². The second-order valence-electron chi connectivity index (χ2n) is 4.72. The van der Waals surface area contributed by atoms with Gasteiger partial charge < -0.3 is 15.3 Å². The van der Waals surface area contributed by atoms with E-state index in [4.69, 9.17) is 5.11 Å². The summed E-state index contributed by atoms with van der Waals surface area (Å²) in [6.07, 6.45) is 0. The van der Waals surface area contributed by atoms with Gasteiger partial charge in [-0.3, -0.25) is 0 Å². The average molecular weight is 254 g/mol. The summed E-state index contributed by atoms with van der Waals surface area (Å²) < 4.78 is 13.4. The number of hydrogen-bond donors (Lipinski definition) is 2. The molecule has 1 rings (SSSR count). The number of benzene rings is 1. The maximum absolute atomic E-state index is 13.4. The molecule has 0 aliphatic rings. The van der Waals surface area contributed by atoms with Crippen molar-refractivity contribution in [2.45, 2.75) is 32.9 Å². The molecule has 0 amide bonds. The lowest BCUT2D eigenvalue weighted by Gasteiger charge is -2.31. The highest BCUT2D eigenvalue weighted by Crippen LogP contribution is 2.28. The average Bonchev–Trinajstić information content (AvgIpc) is 2.35. The number of nitrogens with one attached hydrogen (secondary N) is 1. The monoisotopic (exact) mass is 254 g/mol.